The zero-order valence-electron chi connectivity index (χ0n) is 14.2. The van der Waals surface area contributed by atoms with Crippen LogP contribution in [0.2, 0.25) is 0 Å². The molecule has 1 N–H and O–H groups in total. The molecule has 1 heterocycles. The van der Waals surface area contributed by atoms with Crippen LogP contribution in [0.1, 0.15) is 26.2 Å². The van der Waals surface area contributed by atoms with Crippen molar-refractivity contribution in [1.82, 2.24) is 4.90 Å². The Bertz CT molecular complexity index is 542. The van der Waals surface area contributed by atoms with Gasteiger partial charge in [0, 0.05) is 18.6 Å². The van der Waals surface area contributed by atoms with Crippen LogP contribution in [-0.4, -0.2) is 52.8 Å². The summed E-state index contributed by atoms with van der Waals surface area (Å²) in [6.07, 6.45) is -4.04. The Morgan fingerprint density at radius 1 is 1.15 bits per heavy atom. The van der Waals surface area contributed by atoms with Gasteiger partial charge in [0.2, 0.25) is 0 Å². The molecule has 2 nitrogen and oxygen atoms in total. The lowest BCUT2D eigenvalue weighted by atomic mass is 9.91. The number of aliphatic hydroxyl groups is 1. The van der Waals surface area contributed by atoms with Crippen molar-refractivity contribution in [2.45, 2.75) is 62.4 Å². The molecule has 0 fully saturated rings. The number of hydrogen-bond acceptors (Lipinski definition) is 2. The summed E-state index contributed by atoms with van der Waals surface area (Å²) < 4.78 is 90.8. The van der Waals surface area contributed by atoms with Gasteiger partial charge in [0.05, 0.1) is 0 Å². The minimum Gasteiger partial charge on any atom is -0.385 e. The number of nitrogens with zero attached hydrogens (tertiary/aromatic N) is 1. The normalized spacial score (nSPS) is 24.1. The first-order chi connectivity index (χ1) is 11.8. The number of halogens is 7. The average molecular weight is 389 g/mol. The van der Waals surface area contributed by atoms with E-state index < -0.39 is 42.8 Å². The minimum absolute atomic E-state index is 0.263. The Kier molecular flexibility index (Phi) is 7.09. The van der Waals surface area contributed by atoms with Crippen LogP contribution >= 0.6 is 0 Å². The SMILES string of the molecule is C=CC[C@H]1CC(C)=C[C@H](CC=C)N1C[C@@H](O)C(F)(F)C(F)(F)C(F)(F)F. The third-order valence-corrected chi connectivity index (χ3v) is 4.35. The maximum Gasteiger partial charge on any atom is 0.459 e. The quantitative estimate of drug-likeness (QED) is 0.480. The number of rotatable bonds is 8. The monoisotopic (exact) mass is 389 g/mol. The highest BCUT2D eigenvalue weighted by Gasteiger charge is 2.75. The highest BCUT2D eigenvalue weighted by Crippen LogP contribution is 2.48. The number of hydrogen-bond donors (Lipinski definition) is 1. The third kappa shape index (κ3) is 4.49. The summed E-state index contributed by atoms with van der Waals surface area (Å²) in [6.45, 7) is 7.82. The minimum atomic E-state index is -6.48. The lowest BCUT2D eigenvalue weighted by Crippen LogP contribution is -2.61. The topological polar surface area (TPSA) is 23.5 Å². The molecule has 0 unspecified atom stereocenters. The molecule has 0 bridgehead atoms. The molecule has 0 aromatic rings. The molecule has 0 saturated heterocycles. The molecule has 0 aromatic heterocycles. The predicted molar refractivity (Wildman–Crippen MR) is 84.2 cm³/mol. The summed E-state index contributed by atoms with van der Waals surface area (Å²) in [5.41, 5.74) is 0.918. The summed E-state index contributed by atoms with van der Waals surface area (Å²) in [5.74, 6) is -12.0. The van der Waals surface area contributed by atoms with Crippen LogP contribution < -0.4 is 0 Å². The van der Waals surface area contributed by atoms with Gasteiger partial charge in [-0.05, 0) is 26.2 Å². The summed E-state index contributed by atoms with van der Waals surface area (Å²) >= 11 is 0. The number of alkyl halides is 7. The van der Waals surface area contributed by atoms with Gasteiger partial charge in [-0.3, -0.25) is 4.90 Å². The van der Waals surface area contributed by atoms with Gasteiger partial charge in [0.1, 0.15) is 6.10 Å². The van der Waals surface area contributed by atoms with Gasteiger partial charge in [-0.15, -0.1) is 13.2 Å². The summed E-state index contributed by atoms with van der Waals surface area (Å²) in [4.78, 5) is 1.31. The highest BCUT2D eigenvalue weighted by molar-refractivity contribution is 5.15. The summed E-state index contributed by atoms with van der Waals surface area (Å²) in [6, 6.07) is -0.997. The first-order valence-electron chi connectivity index (χ1n) is 7.94. The average Bonchev–Trinajstić information content (AvgIpc) is 2.49. The molecule has 0 aliphatic carbocycles. The van der Waals surface area contributed by atoms with E-state index >= 15 is 0 Å². The molecule has 0 radical (unpaired) electrons. The van der Waals surface area contributed by atoms with Crippen molar-refractivity contribution in [3.8, 4) is 0 Å². The molecule has 0 amide bonds. The molecule has 150 valence electrons. The van der Waals surface area contributed by atoms with E-state index in [-0.39, 0.29) is 6.42 Å². The molecule has 0 aromatic carbocycles. The van der Waals surface area contributed by atoms with Crippen molar-refractivity contribution in [3.63, 3.8) is 0 Å². The smallest absolute Gasteiger partial charge is 0.385 e. The van der Waals surface area contributed by atoms with Crippen LogP contribution in [-0.2, 0) is 0 Å². The molecule has 9 heteroatoms. The van der Waals surface area contributed by atoms with Crippen molar-refractivity contribution >= 4 is 0 Å². The first kappa shape index (κ1) is 22.7. The Morgan fingerprint density at radius 2 is 1.69 bits per heavy atom. The summed E-state index contributed by atoms with van der Waals surface area (Å²) in [5, 5.41) is 9.62. The zero-order valence-corrected chi connectivity index (χ0v) is 14.2. The molecule has 0 spiro atoms. The lowest BCUT2D eigenvalue weighted by Gasteiger charge is -2.43. The van der Waals surface area contributed by atoms with Crippen molar-refractivity contribution in [2.24, 2.45) is 0 Å². The predicted octanol–water partition coefficient (Wildman–Crippen LogP) is 4.72. The molecule has 1 aliphatic heterocycles. The molecule has 1 rings (SSSR count). The van der Waals surface area contributed by atoms with E-state index in [4.69, 9.17) is 0 Å². The number of β-amino-alcohol motifs (C(OH)–C–C–N with tert-alkyl or cyclic N) is 1. The Labute approximate surface area is 147 Å². The van der Waals surface area contributed by atoms with Gasteiger partial charge in [0.15, 0.2) is 0 Å². The second kappa shape index (κ2) is 8.12. The van der Waals surface area contributed by atoms with E-state index in [1.54, 1.807) is 13.0 Å². The number of aliphatic hydroxyl groups excluding tert-OH is 1. The van der Waals surface area contributed by atoms with Gasteiger partial charge in [-0.2, -0.15) is 30.7 Å². The maximum absolute atomic E-state index is 13.7. The van der Waals surface area contributed by atoms with Crippen molar-refractivity contribution in [3.05, 3.63) is 37.0 Å². The van der Waals surface area contributed by atoms with Gasteiger partial charge < -0.3 is 5.11 Å². The maximum atomic E-state index is 13.7. The van der Waals surface area contributed by atoms with E-state index in [1.807, 2.05) is 0 Å². The summed E-state index contributed by atoms with van der Waals surface area (Å²) in [7, 11) is 0. The van der Waals surface area contributed by atoms with Gasteiger partial charge in [0.25, 0.3) is 0 Å². The van der Waals surface area contributed by atoms with Crippen LogP contribution in [0.5, 0.6) is 0 Å². The molecular formula is C17H22F7NO. The Hall–Kier alpha value is -1.35. The van der Waals surface area contributed by atoms with Crippen LogP contribution in [0.15, 0.2) is 37.0 Å². The molecule has 26 heavy (non-hydrogen) atoms. The molecule has 0 saturated carbocycles. The van der Waals surface area contributed by atoms with Crippen LogP contribution in [0.25, 0.3) is 0 Å². The van der Waals surface area contributed by atoms with Crippen LogP contribution in [0, 0.1) is 0 Å². The molecule has 1 aliphatic rings. The van der Waals surface area contributed by atoms with E-state index in [0.717, 1.165) is 5.57 Å². The van der Waals surface area contributed by atoms with Crippen molar-refractivity contribution < 1.29 is 35.8 Å². The van der Waals surface area contributed by atoms with E-state index in [0.29, 0.717) is 12.8 Å². The molecule has 3 atom stereocenters. The largest absolute Gasteiger partial charge is 0.459 e. The zero-order chi connectivity index (χ0) is 20.3. The van der Waals surface area contributed by atoms with Gasteiger partial charge >= 0.3 is 18.0 Å². The fraction of sp³-hybridized carbons (Fsp3) is 0.647. The third-order valence-electron chi connectivity index (χ3n) is 4.35. The van der Waals surface area contributed by atoms with Crippen molar-refractivity contribution in [2.75, 3.05) is 6.54 Å². The Morgan fingerprint density at radius 3 is 2.15 bits per heavy atom. The fourth-order valence-corrected chi connectivity index (χ4v) is 3.03. The first-order valence-corrected chi connectivity index (χ1v) is 7.94. The van der Waals surface area contributed by atoms with Gasteiger partial charge in [-0.1, -0.05) is 23.8 Å². The fourth-order valence-electron chi connectivity index (χ4n) is 3.03. The lowest BCUT2D eigenvalue weighted by molar-refractivity contribution is -0.371. The Balaban J connectivity index is 3.14. The van der Waals surface area contributed by atoms with E-state index in [1.165, 1.54) is 17.1 Å². The van der Waals surface area contributed by atoms with E-state index in [2.05, 4.69) is 13.2 Å². The van der Waals surface area contributed by atoms with E-state index in [9.17, 15) is 35.8 Å². The van der Waals surface area contributed by atoms with Gasteiger partial charge in [-0.25, -0.2) is 0 Å². The second-order valence-corrected chi connectivity index (χ2v) is 6.39. The second-order valence-electron chi connectivity index (χ2n) is 6.39. The molecular weight excluding hydrogens is 367 g/mol. The van der Waals surface area contributed by atoms with Crippen molar-refractivity contribution in [1.29, 1.82) is 0 Å². The highest BCUT2D eigenvalue weighted by atomic mass is 19.4. The van der Waals surface area contributed by atoms with Crippen LogP contribution in [0.4, 0.5) is 30.7 Å². The van der Waals surface area contributed by atoms with Crippen LogP contribution in [0.3, 0.4) is 0 Å². The standard InChI is InChI=1S/C17H22F7NO/c1-4-6-12-8-11(3)9-13(7-5-2)25(12)10-14(26)15(18,19)16(20,21)17(22,23)24/h4-5,8,12-14,26H,1-2,6-7,9-10H2,3H3/t12-,13-,14+/m0/s1.